The molecule has 0 bridgehead atoms. The first-order valence-electron chi connectivity index (χ1n) is 7.73. The Bertz CT molecular complexity index is 943. The van der Waals surface area contributed by atoms with Crippen molar-refractivity contribution in [3.05, 3.63) is 77.0 Å². The van der Waals surface area contributed by atoms with Crippen molar-refractivity contribution in [3.63, 3.8) is 0 Å². The molecule has 0 unspecified atom stereocenters. The lowest BCUT2D eigenvalue weighted by molar-refractivity contribution is -0.137. The maximum absolute atomic E-state index is 12.9. The minimum Gasteiger partial charge on any atom is -0.467 e. The van der Waals surface area contributed by atoms with Crippen LogP contribution in [0.5, 0.6) is 0 Å². The van der Waals surface area contributed by atoms with E-state index in [0.29, 0.717) is 18.0 Å². The summed E-state index contributed by atoms with van der Waals surface area (Å²) in [6.07, 6.45) is -1.65. The van der Waals surface area contributed by atoms with Gasteiger partial charge in [-0.05, 0) is 42.5 Å². The Morgan fingerprint density at radius 3 is 2.67 bits per heavy atom. The molecule has 2 N–H and O–H groups in total. The van der Waals surface area contributed by atoms with E-state index in [4.69, 9.17) is 16.0 Å². The predicted octanol–water partition coefficient (Wildman–Crippen LogP) is 5.21. The molecule has 27 heavy (non-hydrogen) atoms. The average molecular weight is 396 g/mol. The molecule has 0 fully saturated rings. The number of furan rings is 1. The zero-order valence-corrected chi connectivity index (χ0v) is 14.4. The topological polar surface area (TPSA) is 67.2 Å². The fourth-order valence-corrected chi connectivity index (χ4v) is 2.51. The molecule has 3 aromatic rings. The number of carbonyl (C=O) groups excluding carboxylic acids is 1. The summed E-state index contributed by atoms with van der Waals surface area (Å²) in [4.78, 5) is 16.3. The van der Waals surface area contributed by atoms with E-state index in [0.717, 1.165) is 12.1 Å². The van der Waals surface area contributed by atoms with Crippen LogP contribution in [0.4, 0.5) is 24.5 Å². The number of benzene rings is 1. The maximum atomic E-state index is 12.9. The molecule has 0 saturated heterocycles. The first kappa shape index (κ1) is 18.8. The summed E-state index contributed by atoms with van der Waals surface area (Å²) >= 11 is 5.57. The summed E-state index contributed by atoms with van der Waals surface area (Å²) in [6, 6.07) is 9.83. The van der Waals surface area contributed by atoms with Crippen molar-refractivity contribution in [2.24, 2.45) is 0 Å². The molecule has 2 aromatic heterocycles. The highest BCUT2D eigenvalue weighted by Crippen LogP contribution is 2.36. The molecular formula is C18H13ClF3N3O2. The van der Waals surface area contributed by atoms with Crippen LogP contribution >= 0.6 is 11.6 Å². The Morgan fingerprint density at radius 1 is 1.15 bits per heavy atom. The van der Waals surface area contributed by atoms with Crippen molar-refractivity contribution in [2.45, 2.75) is 12.7 Å². The lowest BCUT2D eigenvalue weighted by atomic mass is 10.2. The van der Waals surface area contributed by atoms with Gasteiger partial charge < -0.3 is 15.1 Å². The fraction of sp³-hybridized carbons (Fsp3) is 0.111. The molecule has 9 heteroatoms. The Balaban J connectivity index is 1.72. The molecule has 0 radical (unpaired) electrons. The standard InChI is InChI=1S/C18H13ClF3N3O2/c19-15-4-3-12(8-14(15)18(20,21)22)25-17(26)16-9-11(5-6-23-16)24-10-13-2-1-7-27-13/h1-9H,10H2,(H,23,24)(H,25,26). The van der Waals surface area contributed by atoms with Gasteiger partial charge in [0.15, 0.2) is 0 Å². The molecule has 140 valence electrons. The van der Waals surface area contributed by atoms with E-state index in [-0.39, 0.29) is 11.4 Å². The number of amides is 1. The van der Waals surface area contributed by atoms with E-state index in [2.05, 4.69) is 15.6 Å². The maximum Gasteiger partial charge on any atom is 0.417 e. The summed E-state index contributed by atoms with van der Waals surface area (Å²) in [5.41, 5.74) is -0.405. The van der Waals surface area contributed by atoms with Gasteiger partial charge >= 0.3 is 6.18 Å². The quantitative estimate of drug-likeness (QED) is 0.622. The van der Waals surface area contributed by atoms with E-state index < -0.39 is 22.7 Å². The second-order valence-electron chi connectivity index (χ2n) is 5.51. The zero-order valence-electron chi connectivity index (χ0n) is 13.7. The van der Waals surface area contributed by atoms with Crippen LogP contribution in [0.15, 0.2) is 59.3 Å². The zero-order chi connectivity index (χ0) is 19.4. The molecule has 5 nitrogen and oxygen atoms in total. The number of nitrogens with one attached hydrogen (secondary N) is 2. The van der Waals surface area contributed by atoms with Gasteiger partial charge in [-0.15, -0.1) is 0 Å². The Hall–Kier alpha value is -3.00. The second kappa shape index (κ2) is 7.71. The van der Waals surface area contributed by atoms with Gasteiger partial charge in [-0.3, -0.25) is 9.78 Å². The summed E-state index contributed by atoms with van der Waals surface area (Å²) in [7, 11) is 0. The van der Waals surface area contributed by atoms with Crippen molar-refractivity contribution in [1.29, 1.82) is 0 Å². The molecule has 0 saturated carbocycles. The fourth-order valence-electron chi connectivity index (χ4n) is 2.28. The van der Waals surface area contributed by atoms with Crippen LogP contribution in [0.1, 0.15) is 21.8 Å². The SMILES string of the molecule is O=C(Nc1ccc(Cl)c(C(F)(F)F)c1)c1cc(NCc2ccco2)ccn1. The second-order valence-corrected chi connectivity index (χ2v) is 5.92. The number of anilines is 2. The molecule has 0 spiro atoms. The third-order valence-electron chi connectivity index (χ3n) is 3.57. The van der Waals surface area contributed by atoms with Crippen molar-refractivity contribution >= 4 is 28.9 Å². The van der Waals surface area contributed by atoms with Gasteiger partial charge in [0.1, 0.15) is 11.5 Å². The number of pyridine rings is 1. The molecule has 2 heterocycles. The van der Waals surface area contributed by atoms with Gasteiger partial charge in [-0.1, -0.05) is 11.6 Å². The molecule has 0 aliphatic heterocycles. The van der Waals surface area contributed by atoms with E-state index in [1.807, 2.05) is 0 Å². The van der Waals surface area contributed by atoms with Gasteiger partial charge in [0.05, 0.1) is 23.4 Å². The van der Waals surface area contributed by atoms with Crippen molar-refractivity contribution in [1.82, 2.24) is 4.98 Å². The third-order valence-corrected chi connectivity index (χ3v) is 3.90. The summed E-state index contributed by atoms with van der Waals surface area (Å²) in [5, 5.41) is 5.01. The number of rotatable bonds is 5. The largest absolute Gasteiger partial charge is 0.467 e. The molecule has 1 aromatic carbocycles. The number of halogens is 4. The van der Waals surface area contributed by atoms with E-state index in [1.54, 1.807) is 24.5 Å². The monoisotopic (exact) mass is 395 g/mol. The summed E-state index contributed by atoms with van der Waals surface area (Å²) in [6.45, 7) is 0.407. The molecule has 1 amide bonds. The van der Waals surface area contributed by atoms with E-state index >= 15 is 0 Å². The van der Waals surface area contributed by atoms with Gasteiger partial charge in [-0.25, -0.2) is 0 Å². The van der Waals surface area contributed by atoms with Crippen molar-refractivity contribution in [3.8, 4) is 0 Å². The third kappa shape index (κ3) is 4.79. The van der Waals surface area contributed by atoms with Crippen molar-refractivity contribution < 1.29 is 22.4 Å². The first-order valence-corrected chi connectivity index (χ1v) is 8.11. The lowest BCUT2D eigenvalue weighted by Crippen LogP contribution is -2.15. The lowest BCUT2D eigenvalue weighted by Gasteiger charge is -2.12. The Labute approximate surface area is 157 Å². The highest BCUT2D eigenvalue weighted by molar-refractivity contribution is 6.31. The number of alkyl halides is 3. The van der Waals surface area contributed by atoms with E-state index in [9.17, 15) is 18.0 Å². The highest BCUT2D eigenvalue weighted by atomic mass is 35.5. The first-order chi connectivity index (χ1) is 12.8. The van der Waals surface area contributed by atoms with Crippen LogP contribution in [-0.2, 0) is 12.7 Å². The van der Waals surface area contributed by atoms with Crippen LogP contribution in [-0.4, -0.2) is 10.9 Å². The van der Waals surface area contributed by atoms with Crippen LogP contribution in [0.3, 0.4) is 0 Å². The van der Waals surface area contributed by atoms with Crippen molar-refractivity contribution in [2.75, 3.05) is 10.6 Å². The molecule has 3 rings (SSSR count). The summed E-state index contributed by atoms with van der Waals surface area (Å²) in [5.74, 6) is 0.0609. The number of hydrogen-bond acceptors (Lipinski definition) is 4. The van der Waals surface area contributed by atoms with E-state index in [1.165, 1.54) is 18.3 Å². The smallest absolute Gasteiger partial charge is 0.417 e. The molecule has 0 atom stereocenters. The van der Waals surface area contributed by atoms with Crippen LogP contribution < -0.4 is 10.6 Å². The van der Waals surface area contributed by atoms with Gasteiger partial charge in [0, 0.05) is 17.6 Å². The molecule has 0 aliphatic rings. The predicted molar refractivity (Wildman–Crippen MR) is 94.7 cm³/mol. The van der Waals surface area contributed by atoms with Crippen LogP contribution in [0.25, 0.3) is 0 Å². The normalized spacial score (nSPS) is 11.3. The number of carbonyl (C=O) groups is 1. The number of nitrogens with zero attached hydrogens (tertiary/aromatic N) is 1. The minimum absolute atomic E-state index is 0.0347. The number of hydrogen-bond donors (Lipinski definition) is 2. The Kier molecular flexibility index (Phi) is 5.36. The van der Waals surface area contributed by atoms with Gasteiger partial charge in [0.2, 0.25) is 0 Å². The van der Waals surface area contributed by atoms with Gasteiger partial charge in [0.25, 0.3) is 5.91 Å². The number of aromatic nitrogens is 1. The Morgan fingerprint density at radius 2 is 1.96 bits per heavy atom. The summed E-state index contributed by atoms with van der Waals surface area (Å²) < 4.78 is 44.0. The van der Waals surface area contributed by atoms with Gasteiger partial charge in [-0.2, -0.15) is 13.2 Å². The minimum atomic E-state index is -4.62. The van der Waals surface area contributed by atoms with Crippen LogP contribution in [0, 0.1) is 0 Å². The average Bonchev–Trinajstić information content (AvgIpc) is 3.14. The van der Waals surface area contributed by atoms with Crippen LogP contribution in [0.2, 0.25) is 5.02 Å². The highest BCUT2D eigenvalue weighted by Gasteiger charge is 2.33. The molecule has 0 aliphatic carbocycles. The molecular weight excluding hydrogens is 383 g/mol.